The van der Waals surface area contributed by atoms with E-state index in [1.54, 1.807) is 0 Å². The van der Waals surface area contributed by atoms with E-state index < -0.39 is 17.6 Å². The number of nitrogens with one attached hydrogen (secondary N) is 2. The predicted molar refractivity (Wildman–Crippen MR) is 67.2 cm³/mol. The van der Waals surface area contributed by atoms with E-state index >= 15 is 0 Å². The third-order valence-electron chi connectivity index (χ3n) is 3.53. The molecule has 0 bridgehead atoms. The molecule has 2 rings (SSSR count). The van der Waals surface area contributed by atoms with Gasteiger partial charge in [0.1, 0.15) is 6.04 Å². The highest BCUT2D eigenvalue weighted by Crippen LogP contribution is 2.27. The highest BCUT2D eigenvalue weighted by atomic mass is 16.4. The van der Waals surface area contributed by atoms with E-state index in [1.165, 1.54) is 12.5 Å². The molecule has 0 radical (unpaired) electrons. The van der Waals surface area contributed by atoms with Crippen LogP contribution in [0.2, 0.25) is 0 Å². The van der Waals surface area contributed by atoms with Crippen LogP contribution < -0.4 is 11.1 Å². The third kappa shape index (κ3) is 3.11. The van der Waals surface area contributed by atoms with Gasteiger partial charge in [0.15, 0.2) is 0 Å². The largest absolute Gasteiger partial charge is 0.480 e. The van der Waals surface area contributed by atoms with Crippen LogP contribution in [-0.4, -0.2) is 38.5 Å². The van der Waals surface area contributed by atoms with Crippen LogP contribution in [0.15, 0.2) is 12.5 Å². The van der Waals surface area contributed by atoms with E-state index in [-0.39, 0.29) is 12.3 Å². The van der Waals surface area contributed by atoms with Gasteiger partial charge in [-0.05, 0) is 12.8 Å². The van der Waals surface area contributed by atoms with Crippen LogP contribution in [0.25, 0.3) is 0 Å². The predicted octanol–water partition coefficient (Wildman–Crippen LogP) is -0.207. The molecule has 7 nitrogen and oxygen atoms in total. The molecule has 0 aromatic carbocycles. The van der Waals surface area contributed by atoms with Gasteiger partial charge in [0.05, 0.1) is 11.9 Å². The number of nitrogens with zero attached hydrogens (tertiary/aromatic N) is 1. The normalized spacial score (nSPS) is 19.0. The molecule has 19 heavy (non-hydrogen) atoms. The van der Waals surface area contributed by atoms with E-state index in [0.29, 0.717) is 18.5 Å². The number of carbonyl (C=O) groups is 2. The lowest BCUT2D eigenvalue weighted by Crippen LogP contribution is -2.56. The molecule has 1 heterocycles. The zero-order valence-corrected chi connectivity index (χ0v) is 10.6. The molecule has 1 aliphatic rings. The second-order valence-corrected chi connectivity index (χ2v) is 5.01. The Kier molecular flexibility index (Phi) is 3.84. The zero-order chi connectivity index (χ0) is 13.9. The second kappa shape index (κ2) is 5.40. The van der Waals surface area contributed by atoms with Gasteiger partial charge in [-0.25, -0.2) is 9.78 Å². The summed E-state index contributed by atoms with van der Waals surface area (Å²) in [6, 6.07) is -0.992. The molecule has 0 aliphatic heterocycles. The summed E-state index contributed by atoms with van der Waals surface area (Å²) in [5, 5.41) is 11.7. The number of aromatic amines is 1. The minimum absolute atomic E-state index is 0.164. The standard InChI is InChI=1S/C12H18N4O3/c13-12(3-1-2-4-12)11(19)16-9(10(17)18)5-8-6-14-7-15-8/h6-7,9H,1-5,13H2,(H,14,15)(H,16,19)(H,17,18)/t9-/m0/s1. The Morgan fingerprint density at radius 2 is 2.21 bits per heavy atom. The molecular formula is C12H18N4O3. The van der Waals surface area contributed by atoms with Crippen molar-refractivity contribution in [3.05, 3.63) is 18.2 Å². The second-order valence-electron chi connectivity index (χ2n) is 5.01. The SMILES string of the molecule is NC1(C(=O)N[C@@H](Cc2cnc[nH]2)C(=O)O)CCCC1. The van der Waals surface area contributed by atoms with Gasteiger partial charge in [0.25, 0.3) is 0 Å². The van der Waals surface area contributed by atoms with Crippen LogP contribution in [0.4, 0.5) is 0 Å². The summed E-state index contributed by atoms with van der Waals surface area (Å²) in [5.41, 5.74) is 5.74. The minimum Gasteiger partial charge on any atom is -0.480 e. The van der Waals surface area contributed by atoms with Crippen LogP contribution in [0.3, 0.4) is 0 Å². The van der Waals surface area contributed by atoms with E-state index in [0.717, 1.165) is 12.8 Å². The number of carboxylic acid groups (broad SMARTS) is 1. The van der Waals surface area contributed by atoms with Crippen LogP contribution in [0, 0.1) is 0 Å². The molecule has 7 heteroatoms. The van der Waals surface area contributed by atoms with Gasteiger partial charge >= 0.3 is 5.97 Å². The molecule has 1 fully saturated rings. The Morgan fingerprint density at radius 3 is 2.74 bits per heavy atom. The Morgan fingerprint density at radius 1 is 1.53 bits per heavy atom. The topological polar surface area (TPSA) is 121 Å². The molecule has 1 aliphatic carbocycles. The van der Waals surface area contributed by atoms with Crippen molar-refractivity contribution < 1.29 is 14.7 Å². The van der Waals surface area contributed by atoms with Crippen molar-refractivity contribution in [3.8, 4) is 0 Å². The summed E-state index contributed by atoms with van der Waals surface area (Å²) in [7, 11) is 0. The number of amides is 1. The number of hydrogen-bond acceptors (Lipinski definition) is 4. The molecule has 0 unspecified atom stereocenters. The van der Waals surface area contributed by atoms with Crippen LogP contribution >= 0.6 is 0 Å². The number of carbonyl (C=O) groups excluding carboxylic acids is 1. The molecule has 5 N–H and O–H groups in total. The summed E-state index contributed by atoms with van der Waals surface area (Å²) >= 11 is 0. The number of nitrogens with two attached hydrogens (primary N) is 1. The number of hydrogen-bond donors (Lipinski definition) is 4. The number of aromatic nitrogens is 2. The quantitative estimate of drug-likeness (QED) is 0.587. The third-order valence-corrected chi connectivity index (χ3v) is 3.53. The lowest BCUT2D eigenvalue weighted by molar-refractivity contribution is -0.142. The summed E-state index contributed by atoms with van der Waals surface area (Å²) < 4.78 is 0. The molecule has 1 saturated carbocycles. The number of imidazole rings is 1. The maximum atomic E-state index is 12.1. The highest BCUT2D eigenvalue weighted by Gasteiger charge is 2.38. The van der Waals surface area contributed by atoms with Crippen molar-refractivity contribution in [3.63, 3.8) is 0 Å². The van der Waals surface area contributed by atoms with Gasteiger partial charge in [0, 0.05) is 18.3 Å². The van der Waals surface area contributed by atoms with E-state index in [4.69, 9.17) is 10.8 Å². The average molecular weight is 266 g/mol. The molecule has 1 amide bonds. The van der Waals surface area contributed by atoms with Gasteiger partial charge in [0.2, 0.25) is 5.91 Å². The van der Waals surface area contributed by atoms with Crippen molar-refractivity contribution in [2.24, 2.45) is 5.73 Å². The maximum Gasteiger partial charge on any atom is 0.326 e. The fourth-order valence-corrected chi connectivity index (χ4v) is 2.35. The highest BCUT2D eigenvalue weighted by molar-refractivity contribution is 5.90. The average Bonchev–Trinajstić information content (AvgIpc) is 3.00. The summed E-state index contributed by atoms with van der Waals surface area (Å²) in [5.74, 6) is -1.46. The smallest absolute Gasteiger partial charge is 0.326 e. The maximum absolute atomic E-state index is 12.1. The molecule has 1 aromatic rings. The Bertz CT molecular complexity index is 452. The number of aliphatic carboxylic acids is 1. The fourth-order valence-electron chi connectivity index (χ4n) is 2.35. The molecule has 104 valence electrons. The molecule has 0 saturated heterocycles. The first-order chi connectivity index (χ1) is 9.01. The number of rotatable bonds is 5. The van der Waals surface area contributed by atoms with Crippen LogP contribution in [0.1, 0.15) is 31.4 Å². The fraction of sp³-hybridized carbons (Fsp3) is 0.583. The molecule has 0 spiro atoms. The molecule has 1 aromatic heterocycles. The van der Waals surface area contributed by atoms with Gasteiger partial charge in [-0.3, -0.25) is 4.79 Å². The van der Waals surface area contributed by atoms with E-state index in [2.05, 4.69) is 15.3 Å². The van der Waals surface area contributed by atoms with Crippen LogP contribution in [0.5, 0.6) is 0 Å². The first-order valence-electron chi connectivity index (χ1n) is 6.31. The van der Waals surface area contributed by atoms with E-state index in [1.807, 2.05) is 0 Å². The van der Waals surface area contributed by atoms with E-state index in [9.17, 15) is 9.59 Å². The summed E-state index contributed by atoms with van der Waals surface area (Å²) in [6.45, 7) is 0. The molecule has 1 atom stereocenters. The number of carboxylic acids is 1. The first kappa shape index (κ1) is 13.5. The van der Waals surface area contributed by atoms with Crippen molar-refractivity contribution >= 4 is 11.9 Å². The van der Waals surface area contributed by atoms with Gasteiger partial charge in [-0.15, -0.1) is 0 Å². The Hall–Kier alpha value is -1.89. The van der Waals surface area contributed by atoms with Gasteiger partial charge in [-0.2, -0.15) is 0 Å². The first-order valence-corrected chi connectivity index (χ1v) is 6.31. The number of H-pyrrole nitrogens is 1. The Labute approximate surface area is 110 Å². The Balaban J connectivity index is 2.00. The minimum atomic E-state index is -1.08. The summed E-state index contributed by atoms with van der Waals surface area (Å²) in [4.78, 5) is 29.9. The summed E-state index contributed by atoms with van der Waals surface area (Å²) in [6.07, 6.45) is 6.19. The molecular weight excluding hydrogens is 248 g/mol. The lowest BCUT2D eigenvalue weighted by atomic mass is 9.97. The van der Waals surface area contributed by atoms with Crippen molar-refractivity contribution in [1.82, 2.24) is 15.3 Å². The monoisotopic (exact) mass is 266 g/mol. The van der Waals surface area contributed by atoms with Crippen molar-refractivity contribution in [1.29, 1.82) is 0 Å². The van der Waals surface area contributed by atoms with Gasteiger partial charge < -0.3 is 21.1 Å². The zero-order valence-electron chi connectivity index (χ0n) is 10.6. The van der Waals surface area contributed by atoms with Crippen molar-refractivity contribution in [2.45, 2.75) is 43.7 Å². The van der Waals surface area contributed by atoms with Crippen LogP contribution in [-0.2, 0) is 16.0 Å². The lowest BCUT2D eigenvalue weighted by Gasteiger charge is -2.24. The van der Waals surface area contributed by atoms with Crippen molar-refractivity contribution in [2.75, 3.05) is 0 Å². The van der Waals surface area contributed by atoms with Gasteiger partial charge in [-0.1, -0.05) is 12.8 Å².